The van der Waals surface area contributed by atoms with Crippen molar-refractivity contribution in [3.8, 4) is 45.7 Å². The number of nitrogens with zero attached hydrogens (tertiary/aromatic N) is 4. The summed E-state index contributed by atoms with van der Waals surface area (Å²) in [7, 11) is 4.59. The van der Waals surface area contributed by atoms with E-state index in [1.165, 1.54) is 33.7 Å². The fraction of sp³-hybridized carbons (Fsp3) is 0.148. The van der Waals surface area contributed by atoms with Crippen LogP contribution in [0.25, 0.3) is 22.4 Å². The van der Waals surface area contributed by atoms with Gasteiger partial charge < -0.3 is 14.2 Å². The molecule has 0 aliphatic heterocycles. The van der Waals surface area contributed by atoms with E-state index in [0.29, 0.717) is 44.7 Å². The van der Waals surface area contributed by atoms with E-state index >= 15 is 0 Å². The quantitative estimate of drug-likeness (QED) is 0.314. The van der Waals surface area contributed by atoms with Crippen molar-refractivity contribution in [2.75, 3.05) is 32.4 Å². The first-order valence-corrected chi connectivity index (χ1v) is 12.1. The lowest BCUT2D eigenvalue weighted by molar-refractivity contribution is -0.113. The van der Waals surface area contributed by atoms with Gasteiger partial charge in [0.1, 0.15) is 11.1 Å². The summed E-state index contributed by atoms with van der Waals surface area (Å²) in [6.45, 7) is 0. The highest BCUT2D eigenvalue weighted by Crippen LogP contribution is 2.43. The van der Waals surface area contributed by atoms with Crippen LogP contribution in [0.1, 0.15) is 5.56 Å². The SMILES string of the molecule is COc1cc(-c2cc(-c3ccccc3)nc(SCC(=O)Nc3ncccn3)c2C#N)cc(OC)c1OC. The van der Waals surface area contributed by atoms with Crippen LogP contribution in [0.4, 0.5) is 5.95 Å². The molecule has 0 aliphatic carbocycles. The molecule has 0 spiro atoms. The van der Waals surface area contributed by atoms with Gasteiger partial charge in [-0.2, -0.15) is 5.26 Å². The molecular weight excluding hydrogens is 490 g/mol. The first kappa shape index (κ1) is 25.5. The molecule has 2 aromatic heterocycles. The predicted molar refractivity (Wildman–Crippen MR) is 141 cm³/mol. The van der Waals surface area contributed by atoms with E-state index in [4.69, 9.17) is 19.2 Å². The summed E-state index contributed by atoms with van der Waals surface area (Å²) in [5, 5.41) is 13.2. The van der Waals surface area contributed by atoms with Gasteiger partial charge in [0.15, 0.2) is 11.5 Å². The van der Waals surface area contributed by atoms with Crippen LogP contribution in [0.3, 0.4) is 0 Å². The number of amides is 1. The van der Waals surface area contributed by atoms with Crippen LogP contribution in [-0.2, 0) is 4.79 Å². The van der Waals surface area contributed by atoms with Crippen LogP contribution >= 0.6 is 11.8 Å². The lowest BCUT2D eigenvalue weighted by atomic mass is 9.98. The van der Waals surface area contributed by atoms with Crippen molar-refractivity contribution in [1.29, 1.82) is 5.26 Å². The summed E-state index contributed by atoms with van der Waals surface area (Å²) in [4.78, 5) is 25.3. The molecule has 0 unspecified atom stereocenters. The summed E-state index contributed by atoms with van der Waals surface area (Å²) in [5.41, 5.74) is 3.13. The van der Waals surface area contributed by atoms with Gasteiger partial charge in [-0.3, -0.25) is 10.1 Å². The lowest BCUT2D eigenvalue weighted by Crippen LogP contribution is -2.16. The number of benzene rings is 2. The van der Waals surface area contributed by atoms with Crippen molar-refractivity contribution < 1.29 is 19.0 Å². The average Bonchev–Trinajstić information content (AvgIpc) is 2.95. The Kier molecular flexibility index (Phi) is 8.18. The van der Waals surface area contributed by atoms with Crippen molar-refractivity contribution in [1.82, 2.24) is 15.0 Å². The Morgan fingerprint density at radius 3 is 2.22 bits per heavy atom. The lowest BCUT2D eigenvalue weighted by Gasteiger charge is -2.16. The highest BCUT2D eigenvalue weighted by atomic mass is 32.2. The molecule has 2 heterocycles. The maximum Gasteiger partial charge on any atom is 0.237 e. The number of carbonyl (C=O) groups excluding carboxylic acids is 1. The van der Waals surface area contributed by atoms with Crippen molar-refractivity contribution in [3.63, 3.8) is 0 Å². The highest BCUT2D eigenvalue weighted by molar-refractivity contribution is 8.00. The summed E-state index contributed by atoms with van der Waals surface area (Å²) >= 11 is 1.16. The first-order valence-electron chi connectivity index (χ1n) is 11.1. The summed E-state index contributed by atoms with van der Waals surface area (Å²) in [6, 6.07) is 18.9. The number of rotatable bonds is 9. The standard InChI is InChI=1S/C27H23N5O4S/c1-34-22-12-18(13-23(35-2)25(22)36-3)19-14-21(17-8-5-4-6-9-17)31-26(20(19)15-28)37-16-24(33)32-27-29-10-7-11-30-27/h4-14H,16H2,1-3H3,(H,29,30,32,33). The maximum absolute atomic E-state index is 12.6. The van der Waals surface area contributed by atoms with Crippen molar-refractivity contribution in [3.05, 3.63) is 72.6 Å². The number of carbonyl (C=O) groups is 1. The molecule has 0 bridgehead atoms. The summed E-state index contributed by atoms with van der Waals surface area (Å²) in [6.07, 6.45) is 3.08. The number of thioether (sulfide) groups is 1. The van der Waals surface area contributed by atoms with Gasteiger partial charge in [0.2, 0.25) is 17.6 Å². The zero-order valence-corrected chi connectivity index (χ0v) is 21.2. The minimum Gasteiger partial charge on any atom is -0.493 e. The molecule has 1 N–H and O–H groups in total. The number of nitrogens with one attached hydrogen (secondary N) is 1. The highest BCUT2D eigenvalue weighted by Gasteiger charge is 2.21. The smallest absolute Gasteiger partial charge is 0.237 e. The van der Waals surface area contributed by atoms with Gasteiger partial charge in [0.25, 0.3) is 0 Å². The van der Waals surface area contributed by atoms with Gasteiger partial charge in [-0.1, -0.05) is 42.1 Å². The molecule has 2 aromatic carbocycles. The number of pyridine rings is 1. The Hall–Kier alpha value is -4.62. The van der Waals surface area contributed by atoms with E-state index in [1.807, 2.05) is 36.4 Å². The molecule has 37 heavy (non-hydrogen) atoms. The van der Waals surface area contributed by atoms with E-state index in [-0.39, 0.29) is 17.6 Å². The monoisotopic (exact) mass is 513 g/mol. The van der Waals surface area contributed by atoms with Crippen molar-refractivity contribution >= 4 is 23.6 Å². The van der Waals surface area contributed by atoms with Crippen LogP contribution in [0.5, 0.6) is 17.2 Å². The summed E-state index contributed by atoms with van der Waals surface area (Å²) < 4.78 is 16.5. The van der Waals surface area contributed by atoms with Gasteiger partial charge in [-0.15, -0.1) is 0 Å². The third-order valence-electron chi connectivity index (χ3n) is 5.30. The Labute approximate surface area is 218 Å². The third-order valence-corrected chi connectivity index (χ3v) is 6.28. The maximum atomic E-state index is 12.6. The van der Waals surface area contributed by atoms with E-state index < -0.39 is 0 Å². The van der Waals surface area contributed by atoms with Crippen LogP contribution in [0, 0.1) is 11.3 Å². The molecule has 9 nitrogen and oxygen atoms in total. The van der Waals surface area contributed by atoms with Gasteiger partial charge >= 0.3 is 0 Å². The Morgan fingerprint density at radius 2 is 1.62 bits per heavy atom. The van der Waals surface area contributed by atoms with Crippen LogP contribution in [-0.4, -0.2) is 47.9 Å². The Bertz CT molecular complexity index is 1420. The number of anilines is 1. The van der Waals surface area contributed by atoms with E-state index in [0.717, 1.165) is 17.3 Å². The topological polar surface area (TPSA) is 119 Å². The van der Waals surface area contributed by atoms with E-state index in [9.17, 15) is 10.1 Å². The number of aromatic nitrogens is 3. The molecule has 1 amide bonds. The number of hydrogen-bond acceptors (Lipinski definition) is 9. The first-order chi connectivity index (χ1) is 18.1. The molecule has 4 aromatic rings. The average molecular weight is 514 g/mol. The van der Waals surface area contributed by atoms with Gasteiger partial charge in [-0.25, -0.2) is 15.0 Å². The second-order valence-electron chi connectivity index (χ2n) is 7.54. The Morgan fingerprint density at radius 1 is 0.946 bits per heavy atom. The minimum absolute atomic E-state index is 0.00682. The molecular formula is C27H23N5O4S. The second kappa shape index (κ2) is 11.9. The molecule has 0 saturated carbocycles. The zero-order chi connectivity index (χ0) is 26.2. The van der Waals surface area contributed by atoms with Crippen molar-refractivity contribution in [2.45, 2.75) is 5.03 Å². The molecule has 0 radical (unpaired) electrons. The largest absolute Gasteiger partial charge is 0.493 e. The van der Waals surface area contributed by atoms with Crippen LogP contribution < -0.4 is 19.5 Å². The molecule has 0 atom stereocenters. The molecule has 10 heteroatoms. The van der Waals surface area contributed by atoms with Gasteiger partial charge in [-0.05, 0) is 29.8 Å². The number of hydrogen-bond donors (Lipinski definition) is 1. The van der Waals surface area contributed by atoms with Crippen molar-refractivity contribution in [2.24, 2.45) is 0 Å². The van der Waals surface area contributed by atoms with E-state index in [2.05, 4.69) is 21.4 Å². The number of ether oxygens (including phenoxy) is 3. The van der Waals surface area contributed by atoms with Crippen LogP contribution in [0.15, 0.2) is 72.0 Å². The molecule has 0 aliphatic rings. The number of nitriles is 1. The van der Waals surface area contributed by atoms with Gasteiger partial charge in [0.05, 0.1) is 38.3 Å². The fourth-order valence-electron chi connectivity index (χ4n) is 3.61. The normalized spacial score (nSPS) is 10.3. The molecule has 186 valence electrons. The minimum atomic E-state index is -0.318. The fourth-order valence-corrected chi connectivity index (χ4v) is 4.42. The Balaban J connectivity index is 1.79. The summed E-state index contributed by atoms with van der Waals surface area (Å²) in [5.74, 6) is 1.25. The number of methoxy groups -OCH3 is 3. The second-order valence-corrected chi connectivity index (χ2v) is 8.50. The molecule has 0 saturated heterocycles. The molecule has 0 fully saturated rings. The zero-order valence-electron chi connectivity index (χ0n) is 20.4. The predicted octanol–water partition coefficient (Wildman–Crippen LogP) is 4.83. The van der Waals surface area contributed by atoms with Gasteiger partial charge in [0, 0.05) is 23.5 Å². The third kappa shape index (κ3) is 5.79. The van der Waals surface area contributed by atoms with E-state index in [1.54, 1.807) is 18.2 Å². The molecule has 4 rings (SSSR count). The van der Waals surface area contributed by atoms with Crippen LogP contribution in [0.2, 0.25) is 0 Å².